The van der Waals surface area contributed by atoms with Crippen LogP contribution < -0.4 is 0 Å². The molecule has 0 bridgehead atoms. The number of hydrogen-bond acceptors (Lipinski definition) is 2. The molecule has 0 heterocycles. The molecule has 1 aromatic carbocycles. The van der Waals surface area contributed by atoms with E-state index in [0.717, 1.165) is 5.56 Å². The molecule has 0 aliphatic heterocycles. The molecule has 1 unspecified atom stereocenters. The van der Waals surface area contributed by atoms with Gasteiger partial charge in [-0.2, -0.15) is 0 Å². The summed E-state index contributed by atoms with van der Waals surface area (Å²) >= 11 is 5.88. The Bertz CT molecular complexity index is 424. The van der Waals surface area contributed by atoms with E-state index in [0.29, 0.717) is 11.4 Å². The number of carbonyl (C=O) groups excluding carboxylic acids is 2. The van der Waals surface area contributed by atoms with Crippen LogP contribution in [0.4, 0.5) is 0 Å². The molecule has 3 heteroatoms. The molecule has 0 amide bonds. The van der Waals surface area contributed by atoms with E-state index in [4.69, 9.17) is 11.6 Å². The Morgan fingerprint density at radius 1 is 1.29 bits per heavy atom. The molecule has 0 aliphatic carbocycles. The first-order chi connectivity index (χ1) is 7.91. The van der Waals surface area contributed by atoms with E-state index >= 15 is 0 Å². The average Bonchev–Trinajstić information content (AvgIpc) is 2.24. The van der Waals surface area contributed by atoms with Crippen molar-refractivity contribution < 1.29 is 9.59 Å². The van der Waals surface area contributed by atoms with Gasteiger partial charge in [-0.15, -0.1) is 0 Å². The van der Waals surface area contributed by atoms with Crippen LogP contribution >= 0.6 is 11.6 Å². The lowest BCUT2D eigenvalue weighted by molar-refractivity contribution is -0.133. The van der Waals surface area contributed by atoms with Gasteiger partial charge in [0, 0.05) is 10.9 Å². The molecule has 0 aliphatic rings. The minimum atomic E-state index is -0.548. The zero-order valence-corrected chi connectivity index (χ0v) is 11.1. The van der Waals surface area contributed by atoms with Crippen LogP contribution in [0.1, 0.15) is 26.3 Å². The van der Waals surface area contributed by atoms with Crippen molar-refractivity contribution in [2.45, 2.75) is 27.2 Å². The highest BCUT2D eigenvalue weighted by Gasteiger charge is 2.25. The minimum Gasteiger partial charge on any atom is -0.299 e. The van der Waals surface area contributed by atoms with Crippen molar-refractivity contribution in [3.8, 4) is 0 Å². The van der Waals surface area contributed by atoms with Gasteiger partial charge in [0.1, 0.15) is 11.6 Å². The van der Waals surface area contributed by atoms with E-state index in [-0.39, 0.29) is 17.5 Å². The summed E-state index contributed by atoms with van der Waals surface area (Å²) in [5.74, 6) is -0.752. The van der Waals surface area contributed by atoms with Gasteiger partial charge in [-0.1, -0.05) is 37.6 Å². The van der Waals surface area contributed by atoms with E-state index in [1.54, 1.807) is 12.1 Å². The predicted octanol–water partition coefficient (Wildman–Crippen LogP) is 3.31. The fraction of sp³-hybridized carbons (Fsp3) is 0.429. The molecule has 0 fully saturated rings. The molecule has 0 N–H and O–H groups in total. The first-order valence-corrected chi connectivity index (χ1v) is 6.08. The minimum absolute atomic E-state index is 0.00234. The Balaban J connectivity index is 2.88. The standard InChI is InChI=1S/C14H17ClO2/c1-9(2)14(17)13(10(3)16)8-11-5-4-6-12(15)7-11/h4-7,9,13H,8H2,1-3H3. The van der Waals surface area contributed by atoms with Crippen molar-refractivity contribution in [3.05, 3.63) is 34.9 Å². The lowest BCUT2D eigenvalue weighted by Crippen LogP contribution is -2.28. The second-order valence-corrected chi connectivity index (χ2v) is 4.99. The highest BCUT2D eigenvalue weighted by Crippen LogP contribution is 2.18. The molecule has 92 valence electrons. The molecule has 1 aromatic rings. The second kappa shape index (κ2) is 5.97. The molecule has 1 atom stereocenters. The smallest absolute Gasteiger partial charge is 0.146 e. The average molecular weight is 253 g/mol. The quantitative estimate of drug-likeness (QED) is 0.754. The summed E-state index contributed by atoms with van der Waals surface area (Å²) in [6.45, 7) is 5.10. The van der Waals surface area contributed by atoms with Crippen molar-refractivity contribution in [2.24, 2.45) is 11.8 Å². The van der Waals surface area contributed by atoms with Gasteiger partial charge in [-0.05, 0) is 31.0 Å². The third-order valence-corrected chi connectivity index (χ3v) is 2.97. The van der Waals surface area contributed by atoms with Crippen LogP contribution in [0.2, 0.25) is 5.02 Å². The zero-order chi connectivity index (χ0) is 13.0. The lowest BCUT2D eigenvalue weighted by atomic mass is 9.87. The van der Waals surface area contributed by atoms with Crippen LogP contribution in [0, 0.1) is 11.8 Å². The molecular formula is C14H17ClO2. The number of ketones is 2. The Hall–Kier alpha value is -1.15. The molecule has 1 rings (SSSR count). The van der Waals surface area contributed by atoms with Crippen molar-refractivity contribution >= 4 is 23.2 Å². The SMILES string of the molecule is CC(=O)C(Cc1cccc(Cl)c1)C(=O)C(C)C. The van der Waals surface area contributed by atoms with E-state index in [1.807, 2.05) is 26.0 Å². The molecule has 0 saturated heterocycles. The van der Waals surface area contributed by atoms with E-state index in [2.05, 4.69) is 0 Å². The van der Waals surface area contributed by atoms with Crippen molar-refractivity contribution in [2.75, 3.05) is 0 Å². The van der Waals surface area contributed by atoms with Crippen LogP contribution in [-0.4, -0.2) is 11.6 Å². The number of carbonyl (C=O) groups is 2. The summed E-state index contributed by atoms with van der Waals surface area (Å²) < 4.78 is 0. The fourth-order valence-corrected chi connectivity index (χ4v) is 1.96. The van der Waals surface area contributed by atoms with Crippen LogP contribution in [-0.2, 0) is 16.0 Å². The third-order valence-electron chi connectivity index (χ3n) is 2.73. The molecular weight excluding hydrogens is 236 g/mol. The maximum atomic E-state index is 11.9. The first kappa shape index (κ1) is 13.9. The molecule has 0 radical (unpaired) electrons. The van der Waals surface area contributed by atoms with Gasteiger partial charge in [-0.25, -0.2) is 0 Å². The topological polar surface area (TPSA) is 34.1 Å². The van der Waals surface area contributed by atoms with Crippen LogP contribution in [0.3, 0.4) is 0 Å². The summed E-state index contributed by atoms with van der Waals surface area (Å²) in [6.07, 6.45) is 0.437. The van der Waals surface area contributed by atoms with Gasteiger partial charge < -0.3 is 0 Å². The molecule has 0 saturated carbocycles. The maximum Gasteiger partial charge on any atom is 0.146 e. The number of benzene rings is 1. The Kier molecular flexibility index (Phi) is 4.88. The monoisotopic (exact) mass is 252 g/mol. The summed E-state index contributed by atoms with van der Waals surface area (Å²) in [6, 6.07) is 7.29. The van der Waals surface area contributed by atoms with E-state index in [1.165, 1.54) is 6.92 Å². The van der Waals surface area contributed by atoms with Gasteiger partial charge >= 0.3 is 0 Å². The summed E-state index contributed by atoms with van der Waals surface area (Å²) in [5.41, 5.74) is 0.923. The number of halogens is 1. The molecule has 0 aromatic heterocycles. The van der Waals surface area contributed by atoms with E-state index in [9.17, 15) is 9.59 Å². The van der Waals surface area contributed by atoms with Crippen LogP contribution in [0.15, 0.2) is 24.3 Å². The predicted molar refractivity (Wildman–Crippen MR) is 69.2 cm³/mol. The largest absolute Gasteiger partial charge is 0.299 e. The molecule has 17 heavy (non-hydrogen) atoms. The highest BCUT2D eigenvalue weighted by atomic mass is 35.5. The molecule has 0 spiro atoms. The van der Waals surface area contributed by atoms with Gasteiger partial charge in [0.25, 0.3) is 0 Å². The lowest BCUT2D eigenvalue weighted by Gasteiger charge is -2.15. The second-order valence-electron chi connectivity index (χ2n) is 4.55. The van der Waals surface area contributed by atoms with E-state index < -0.39 is 5.92 Å². The maximum absolute atomic E-state index is 11.9. The Labute approximate surface area is 107 Å². The van der Waals surface area contributed by atoms with Gasteiger partial charge in [0.05, 0.1) is 5.92 Å². The number of rotatable bonds is 5. The van der Waals surface area contributed by atoms with Gasteiger partial charge in [0.2, 0.25) is 0 Å². The zero-order valence-electron chi connectivity index (χ0n) is 10.4. The first-order valence-electron chi connectivity index (χ1n) is 5.70. The summed E-state index contributed by atoms with van der Waals surface area (Å²) in [5, 5.41) is 0.627. The summed E-state index contributed by atoms with van der Waals surface area (Å²) in [7, 11) is 0. The Morgan fingerprint density at radius 3 is 2.41 bits per heavy atom. The summed E-state index contributed by atoms with van der Waals surface area (Å²) in [4.78, 5) is 23.4. The van der Waals surface area contributed by atoms with Crippen LogP contribution in [0.5, 0.6) is 0 Å². The molecule has 2 nitrogen and oxygen atoms in total. The third kappa shape index (κ3) is 3.97. The number of hydrogen-bond donors (Lipinski definition) is 0. The fourth-order valence-electron chi connectivity index (χ4n) is 1.75. The highest BCUT2D eigenvalue weighted by molar-refractivity contribution is 6.30. The van der Waals surface area contributed by atoms with Gasteiger partial charge in [0.15, 0.2) is 0 Å². The van der Waals surface area contributed by atoms with Crippen LogP contribution in [0.25, 0.3) is 0 Å². The van der Waals surface area contributed by atoms with Crippen molar-refractivity contribution in [1.29, 1.82) is 0 Å². The normalized spacial score (nSPS) is 12.5. The Morgan fingerprint density at radius 2 is 1.94 bits per heavy atom. The van der Waals surface area contributed by atoms with Gasteiger partial charge in [-0.3, -0.25) is 9.59 Å². The van der Waals surface area contributed by atoms with Crippen molar-refractivity contribution in [3.63, 3.8) is 0 Å². The number of Topliss-reactive ketones (excluding diaryl/α,β-unsaturated/α-hetero) is 2. The van der Waals surface area contributed by atoms with Crippen molar-refractivity contribution in [1.82, 2.24) is 0 Å².